The maximum Gasteiger partial charge on any atom is 0.271 e. The number of aromatic nitrogens is 1. The number of thiazole rings is 1. The second kappa shape index (κ2) is 11.2. The third-order valence-corrected chi connectivity index (χ3v) is 7.11. The van der Waals surface area contributed by atoms with Crippen LogP contribution in [0.5, 0.6) is 5.75 Å². The molecule has 1 fully saturated rings. The van der Waals surface area contributed by atoms with Crippen LogP contribution in [0.15, 0.2) is 41.8 Å². The summed E-state index contributed by atoms with van der Waals surface area (Å²) in [5, 5.41) is 14.0. The van der Waals surface area contributed by atoms with Gasteiger partial charge in [-0.3, -0.25) is 14.5 Å². The van der Waals surface area contributed by atoms with Gasteiger partial charge < -0.3 is 15.0 Å². The molecule has 3 heterocycles. The smallest absolute Gasteiger partial charge is 0.271 e. The zero-order valence-corrected chi connectivity index (χ0v) is 20.8. The van der Waals surface area contributed by atoms with Crippen LogP contribution in [-0.2, 0) is 6.54 Å². The molecule has 1 saturated heterocycles. The Morgan fingerprint density at radius 1 is 1.25 bits per heavy atom. The molecule has 1 amide bonds. The molecule has 2 aliphatic heterocycles. The number of anilines is 3. The Kier molecular flexibility index (Phi) is 7.85. The SMILES string of the molecule is CNc1cc(F)ccc1N1CCB(C#N)CC1.COc1ccc2c(c1)C(=O)N(c1nc(C=O)cs1)C2. The van der Waals surface area contributed by atoms with E-state index in [1.165, 1.54) is 23.5 Å². The van der Waals surface area contributed by atoms with Gasteiger partial charge in [-0.05, 0) is 48.5 Å². The first-order valence-corrected chi connectivity index (χ1v) is 12.4. The zero-order valence-electron chi connectivity index (χ0n) is 20.0. The Labute approximate surface area is 213 Å². The van der Waals surface area contributed by atoms with Gasteiger partial charge in [0.25, 0.3) is 12.6 Å². The van der Waals surface area contributed by atoms with Gasteiger partial charge in [-0.25, -0.2) is 14.6 Å². The van der Waals surface area contributed by atoms with Gasteiger partial charge in [0.2, 0.25) is 0 Å². The molecule has 1 N–H and O–H groups in total. The number of aldehydes is 1. The zero-order chi connectivity index (χ0) is 25.7. The number of carbonyl (C=O) groups is 2. The minimum Gasteiger partial charge on any atom is -0.497 e. The minimum atomic E-state index is -0.231. The first-order valence-electron chi connectivity index (χ1n) is 11.5. The Balaban J connectivity index is 0.000000170. The molecule has 184 valence electrons. The molecule has 3 aromatic rings. The van der Waals surface area contributed by atoms with E-state index >= 15 is 0 Å². The molecule has 0 saturated carbocycles. The number of ether oxygens (including phenoxy) is 1. The number of nitriles is 1. The van der Waals surface area contributed by atoms with Crippen molar-refractivity contribution in [1.82, 2.24) is 4.98 Å². The van der Waals surface area contributed by atoms with Crippen molar-refractivity contribution in [2.24, 2.45) is 0 Å². The average molecular weight is 505 g/mol. The number of benzene rings is 2. The summed E-state index contributed by atoms with van der Waals surface area (Å²) in [6.45, 7) is 2.37. The molecule has 0 radical (unpaired) electrons. The van der Waals surface area contributed by atoms with Crippen molar-refractivity contribution in [3.05, 3.63) is 64.4 Å². The first kappa shape index (κ1) is 25.2. The van der Waals surface area contributed by atoms with E-state index in [1.54, 1.807) is 36.6 Å². The second-order valence-corrected chi connectivity index (χ2v) is 9.23. The number of nitrogens with zero attached hydrogens (tertiary/aromatic N) is 4. The minimum absolute atomic E-state index is 0.110. The molecule has 0 bridgehead atoms. The Bertz CT molecular complexity index is 1300. The maximum absolute atomic E-state index is 13.1. The fraction of sp³-hybridized carbons (Fsp3) is 0.280. The molecular weight excluding hydrogens is 480 g/mol. The lowest BCUT2D eigenvalue weighted by Gasteiger charge is -2.31. The highest BCUT2D eigenvalue weighted by atomic mass is 32.1. The first-order chi connectivity index (χ1) is 17.5. The van der Waals surface area contributed by atoms with E-state index in [4.69, 9.17) is 10.00 Å². The van der Waals surface area contributed by atoms with Crippen LogP contribution in [0.4, 0.5) is 20.9 Å². The molecule has 0 aliphatic carbocycles. The van der Waals surface area contributed by atoms with E-state index < -0.39 is 0 Å². The lowest BCUT2D eigenvalue weighted by molar-refractivity contribution is 0.0995. The maximum atomic E-state index is 13.1. The number of fused-ring (bicyclic) bond motifs is 1. The standard InChI is InChI=1S/C13H10N2O3S.C12H15BFN3/c1-18-10-3-2-8-5-15(12(17)11(8)4-10)13-14-9(6-16)7-19-13;1-16-11-8-10(14)2-3-12(11)17-6-4-13(9-15)5-7-17/h2-4,6-7H,5H2,1H3;2-3,8,16H,4-7H2,1H3. The van der Waals surface area contributed by atoms with Crippen LogP contribution < -0.4 is 19.9 Å². The summed E-state index contributed by atoms with van der Waals surface area (Å²) in [4.78, 5) is 30.8. The Hall–Kier alpha value is -3.91. The van der Waals surface area contributed by atoms with Crippen LogP contribution in [0.1, 0.15) is 26.4 Å². The molecule has 1 aromatic heterocycles. The van der Waals surface area contributed by atoms with Crippen molar-refractivity contribution in [2.45, 2.75) is 19.2 Å². The summed E-state index contributed by atoms with van der Waals surface area (Å²) in [5.74, 6) is 2.62. The summed E-state index contributed by atoms with van der Waals surface area (Å²) < 4.78 is 18.2. The van der Waals surface area contributed by atoms with Gasteiger partial charge in [0.05, 0.1) is 25.0 Å². The predicted octanol–water partition coefficient (Wildman–Crippen LogP) is 4.37. The summed E-state index contributed by atoms with van der Waals surface area (Å²) in [6.07, 6.45) is 2.45. The molecule has 0 unspecified atom stereocenters. The van der Waals surface area contributed by atoms with Gasteiger partial charge in [0, 0.05) is 37.0 Å². The average Bonchev–Trinajstić information content (AvgIpc) is 3.53. The topological polar surface area (TPSA) is 98.6 Å². The van der Waals surface area contributed by atoms with E-state index in [1.807, 2.05) is 12.1 Å². The van der Waals surface area contributed by atoms with Gasteiger partial charge in [-0.1, -0.05) is 6.07 Å². The number of halogens is 1. The van der Waals surface area contributed by atoms with E-state index in [9.17, 15) is 14.0 Å². The van der Waals surface area contributed by atoms with Crippen molar-refractivity contribution in [3.63, 3.8) is 0 Å². The van der Waals surface area contributed by atoms with E-state index in [2.05, 4.69) is 21.2 Å². The summed E-state index contributed by atoms with van der Waals surface area (Å²) in [5.41, 5.74) is 3.74. The van der Waals surface area contributed by atoms with E-state index in [-0.39, 0.29) is 18.4 Å². The van der Waals surface area contributed by atoms with Gasteiger partial charge in [0.1, 0.15) is 17.3 Å². The highest BCUT2D eigenvalue weighted by Crippen LogP contribution is 2.32. The Morgan fingerprint density at radius 2 is 2.03 bits per heavy atom. The van der Waals surface area contributed by atoms with Crippen LogP contribution in [0.25, 0.3) is 0 Å². The van der Waals surface area contributed by atoms with Crippen molar-refractivity contribution in [2.75, 3.05) is 42.4 Å². The molecular formula is C25H25BFN5O3S. The van der Waals surface area contributed by atoms with Crippen molar-refractivity contribution < 1.29 is 18.7 Å². The van der Waals surface area contributed by atoms with E-state index in [0.717, 1.165) is 42.7 Å². The van der Waals surface area contributed by atoms with Crippen molar-refractivity contribution in [1.29, 1.82) is 5.26 Å². The third-order valence-electron chi connectivity index (χ3n) is 6.23. The van der Waals surface area contributed by atoms with Crippen LogP contribution >= 0.6 is 11.3 Å². The summed E-state index contributed by atoms with van der Waals surface area (Å²) >= 11 is 1.29. The lowest BCUT2D eigenvalue weighted by atomic mass is 9.45. The number of amides is 1. The summed E-state index contributed by atoms with van der Waals surface area (Å²) in [6, 6.07) is 10.2. The number of nitrogens with one attached hydrogen (secondary N) is 1. The van der Waals surface area contributed by atoms with Gasteiger partial charge in [-0.15, -0.1) is 11.3 Å². The number of hydrogen-bond acceptors (Lipinski definition) is 8. The largest absolute Gasteiger partial charge is 0.497 e. The normalized spacial score (nSPS) is 14.5. The van der Waals surface area contributed by atoms with Crippen molar-refractivity contribution in [3.8, 4) is 11.7 Å². The molecule has 2 aliphatic rings. The number of methoxy groups -OCH3 is 1. The summed E-state index contributed by atoms with van der Waals surface area (Å²) in [7, 11) is 3.36. The molecule has 2 aromatic carbocycles. The van der Waals surface area contributed by atoms with Gasteiger partial charge in [0.15, 0.2) is 11.4 Å². The second-order valence-electron chi connectivity index (χ2n) is 8.39. The molecule has 5 rings (SSSR count). The van der Waals surface area contributed by atoms with Gasteiger partial charge >= 0.3 is 0 Å². The highest BCUT2D eigenvalue weighted by Gasteiger charge is 2.30. The van der Waals surface area contributed by atoms with Crippen molar-refractivity contribution >= 4 is 46.7 Å². The Morgan fingerprint density at radius 3 is 2.67 bits per heavy atom. The van der Waals surface area contributed by atoms with Gasteiger partial charge in [-0.2, -0.15) is 0 Å². The monoisotopic (exact) mass is 505 g/mol. The third kappa shape index (κ3) is 5.34. The number of carbonyl (C=O) groups excluding carboxylic acids is 2. The predicted molar refractivity (Wildman–Crippen MR) is 140 cm³/mol. The fourth-order valence-electron chi connectivity index (χ4n) is 4.25. The number of hydrogen-bond donors (Lipinski definition) is 1. The van der Waals surface area contributed by atoms with Crippen LogP contribution in [-0.4, -0.2) is 51.1 Å². The van der Waals surface area contributed by atoms with Crippen LogP contribution in [0.2, 0.25) is 12.6 Å². The number of rotatable bonds is 5. The van der Waals surface area contributed by atoms with Crippen LogP contribution in [0.3, 0.4) is 0 Å². The molecule has 8 nitrogen and oxygen atoms in total. The molecule has 36 heavy (non-hydrogen) atoms. The molecule has 0 spiro atoms. The van der Waals surface area contributed by atoms with Crippen LogP contribution in [0, 0.1) is 17.0 Å². The lowest BCUT2D eigenvalue weighted by Crippen LogP contribution is -2.36. The molecule has 0 atom stereocenters. The molecule has 11 heteroatoms. The van der Waals surface area contributed by atoms with E-state index in [0.29, 0.717) is 35.0 Å². The quantitative estimate of drug-likeness (QED) is 0.406. The highest BCUT2D eigenvalue weighted by molar-refractivity contribution is 7.14. The fourth-order valence-corrected chi connectivity index (χ4v) is 5.02.